The van der Waals surface area contributed by atoms with Gasteiger partial charge in [0.05, 0.1) is 5.75 Å². The Labute approximate surface area is 164 Å². The van der Waals surface area contributed by atoms with Gasteiger partial charge in [-0.1, -0.05) is 34.7 Å². The number of carbonyl (C=O) groups excluding carboxylic acids is 2. The molecule has 1 aliphatic rings. The highest BCUT2D eigenvalue weighted by molar-refractivity contribution is 8.01. The lowest BCUT2D eigenvalue weighted by Gasteiger charge is -2.34. The molecule has 138 valence electrons. The van der Waals surface area contributed by atoms with Gasteiger partial charge in [-0.25, -0.2) is 0 Å². The summed E-state index contributed by atoms with van der Waals surface area (Å²) in [4.78, 5) is 28.0. The Morgan fingerprint density at radius 2 is 1.77 bits per heavy atom. The Morgan fingerprint density at radius 1 is 1.12 bits per heavy atom. The van der Waals surface area contributed by atoms with Crippen molar-refractivity contribution < 1.29 is 14.3 Å². The largest absolute Gasteiger partial charge is 0.484 e. The van der Waals surface area contributed by atoms with Crippen LogP contribution in [0.3, 0.4) is 0 Å². The van der Waals surface area contributed by atoms with Crippen LogP contribution in [0.25, 0.3) is 0 Å². The maximum absolute atomic E-state index is 12.2. The first kappa shape index (κ1) is 18.9. The Kier molecular flexibility index (Phi) is 6.70. The fourth-order valence-electron chi connectivity index (χ4n) is 2.41. The predicted octanol–water partition coefficient (Wildman–Crippen LogP) is 2.03. The van der Waals surface area contributed by atoms with E-state index in [0.29, 0.717) is 42.7 Å². The minimum Gasteiger partial charge on any atom is -0.484 e. The summed E-state index contributed by atoms with van der Waals surface area (Å²) in [5, 5.41) is 8.27. The molecule has 10 heteroatoms. The van der Waals surface area contributed by atoms with Crippen LogP contribution in [0.1, 0.15) is 0 Å². The lowest BCUT2D eigenvalue weighted by atomic mass is 10.3. The summed E-state index contributed by atoms with van der Waals surface area (Å²) in [6.07, 6.45) is 0. The van der Waals surface area contributed by atoms with Crippen molar-refractivity contribution in [3.05, 3.63) is 34.8 Å². The van der Waals surface area contributed by atoms with Crippen molar-refractivity contribution in [2.75, 3.05) is 38.5 Å². The van der Waals surface area contributed by atoms with E-state index in [1.807, 2.05) is 0 Å². The monoisotopic (exact) mass is 412 g/mol. The Bertz CT molecular complexity index is 734. The zero-order chi connectivity index (χ0) is 18.4. The van der Waals surface area contributed by atoms with E-state index < -0.39 is 0 Å². The normalized spacial score (nSPS) is 14.3. The third-order valence-electron chi connectivity index (χ3n) is 3.82. The third-order valence-corrected chi connectivity index (χ3v) is 5.92. The number of rotatable bonds is 6. The number of thioether (sulfide) groups is 1. The number of benzene rings is 1. The van der Waals surface area contributed by atoms with Gasteiger partial charge in [0.15, 0.2) is 10.9 Å². The molecule has 1 saturated heterocycles. The number of halogens is 1. The number of nitrogens with zero attached hydrogens (tertiary/aromatic N) is 4. The van der Waals surface area contributed by atoms with Gasteiger partial charge in [-0.05, 0) is 24.3 Å². The molecule has 0 atom stereocenters. The molecule has 1 aromatic heterocycles. The molecule has 2 heterocycles. The van der Waals surface area contributed by atoms with Gasteiger partial charge < -0.3 is 14.5 Å². The maximum atomic E-state index is 12.2. The van der Waals surface area contributed by atoms with E-state index in [4.69, 9.17) is 16.3 Å². The molecule has 0 radical (unpaired) electrons. The fourth-order valence-corrected chi connectivity index (χ4v) is 3.93. The third kappa shape index (κ3) is 5.33. The van der Waals surface area contributed by atoms with Crippen LogP contribution in [0.15, 0.2) is 34.1 Å². The van der Waals surface area contributed by atoms with E-state index in [2.05, 4.69) is 10.2 Å². The molecule has 7 nitrogen and oxygen atoms in total. The first-order valence-corrected chi connectivity index (χ1v) is 10.2. The van der Waals surface area contributed by atoms with Crippen molar-refractivity contribution >= 4 is 46.5 Å². The standard InChI is InChI=1S/C16H17ClN4O3S2/c17-12-1-3-13(4-2-12)24-9-14(22)20-5-7-21(8-6-20)15(23)10-25-16-19-18-11-26-16/h1-4,11H,5-10H2. The van der Waals surface area contributed by atoms with Gasteiger partial charge >= 0.3 is 0 Å². The number of amides is 2. The average Bonchev–Trinajstić information content (AvgIpc) is 3.19. The van der Waals surface area contributed by atoms with E-state index in [-0.39, 0.29) is 18.4 Å². The molecule has 1 aromatic carbocycles. The maximum Gasteiger partial charge on any atom is 0.260 e. The topological polar surface area (TPSA) is 75.6 Å². The van der Waals surface area contributed by atoms with E-state index >= 15 is 0 Å². The molecule has 2 aromatic rings. The van der Waals surface area contributed by atoms with Crippen molar-refractivity contribution in [1.82, 2.24) is 20.0 Å². The van der Waals surface area contributed by atoms with Crippen molar-refractivity contribution in [1.29, 1.82) is 0 Å². The van der Waals surface area contributed by atoms with Crippen molar-refractivity contribution in [3.8, 4) is 5.75 Å². The molecule has 2 amide bonds. The number of hydrogen-bond acceptors (Lipinski definition) is 7. The number of carbonyl (C=O) groups is 2. The molecule has 0 bridgehead atoms. The van der Waals surface area contributed by atoms with Crippen LogP contribution < -0.4 is 4.74 Å². The summed E-state index contributed by atoms with van der Waals surface area (Å²) in [7, 11) is 0. The molecule has 0 N–H and O–H groups in total. The smallest absolute Gasteiger partial charge is 0.260 e. The summed E-state index contributed by atoms with van der Waals surface area (Å²) in [5.41, 5.74) is 1.64. The SMILES string of the molecule is O=C(COc1ccc(Cl)cc1)N1CCN(C(=O)CSc2nncs2)CC1. The van der Waals surface area contributed by atoms with Gasteiger partial charge in [0.25, 0.3) is 5.91 Å². The molecule has 26 heavy (non-hydrogen) atoms. The van der Waals surface area contributed by atoms with E-state index in [1.54, 1.807) is 39.6 Å². The van der Waals surface area contributed by atoms with E-state index in [9.17, 15) is 9.59 Å². The van der Waals surface area contributed by atoms with Crippen LogP contribution in [0.5, 0.6) is 5.75 Å². The Morgan fingerprint density at radius 3 is 2.38 bits per heavy atom. The van der Waals surface area contributed by atoms with E-state index in [0.717, 1.165) is 4.34 Å². The molecule has 1 fully saturated rings. The molecule has 0 aliphatic carbocycles. The van der Waals surface area contributed by atoms with Crippen LogP contribution in [-0.4, -0.2) is 70.4 Å². The summed E-state index contributed by atoms with van der Waals surface area (Å²) in [5.74, 6) is 0.901. The zero-order valence-corrected chi connectivity index (χ0v) is 16.2. The quantitative estimate of drug-likeness (QED) is 0.676. The van der Waals surface area contributed by atoms with Gasteiger partial charge in [-0.2, -0.15) is 0 Å². The Balaban J connectivity index is 1.39. The van der Waals surface area contributed by atoms with Crippen molar-refractivity contribution in [2.45, 2.75) is 4.34 Å². The van der Waals surface area contributed by atoms with Crippen LogP contribution in [-0.2, 0) is 9.59 Å². The summed E-state index contributed by atoms with van der Waals surface area (Å²) in [6, 6.07) is 6.88. The molecular formula is C16H17ClN4O3S2. The Hall–Kier alpha value is -1.84. The highest BCUT2D eigenvalue weighted by atomic mass is 35.5. The average molecular weight is 413 g/mol. The zero-order valence-electron chi connectivity index (χ0n) is 13.8. The first-order valence-electron chi connectivity index (χ1n) is 7.95. The van der Waals surface area contributed by atoms with Gasteiger partial charge in [-0.15, -0.1) is 10.2 Å². The fraction of sp³-hybridized carbons (Fsp3) is 0.375. The lowest BCUT2D eigenvalue weighted by molar-refractivity contribution is -0.139. The van der Waals surface area contributed by atoms with Gasteiger partial charge in [0, 0.05) is 31.2 Å². The minimum atomic E-state index is -0.0877. The summed E-state index contributed by atoms with van der Waals surface area (Å²) in [6.45, 7) is 2.06. The van der Waals surface area contributed by atoms with Crippen LogP contribution in [0.2, 0.25) is 5.02 Å². The van der Waals surface area contributed by atoms with Crippen LogP contribution in [0.4, 0.5) is 0 Å². The number of hydrogen-bond donors (Lipinski definition) is 0. The molecular weight excluding hydrogens is 396 g/mol. The number of aromatic nitrogens is 2. The number of piperazine rings is 1. The molecule has 0 saturated carbocycles. The molecule has 1 aliphatic heterocycles. The van der Waals surface area contributed by atoms with Crippen molar-refractivity contribution in [2.24, 2.45) is 0 Å². The van der Waals surface area contributed by atoms with Crippen molar-refractivity contribution in [3.63, 3.8) is 0 Å². The summed E-state index contributed by atoms with van der Waals surface area (Å²) < 4.78 is 6.27. The highest BCUT2D eigenvalue weighted by Crippen LogP contribution is 2.19. The number of ether oxygens (including phenoxy) is 1. The van der Waals surface area contributed by atoms with Gasteiger partial charge in [-0.3, -0.25) is 9.59 Å². The first-order chi connectivity index (χ1) is 12.6. The lowest BCUT2D eigenvalue weighted by Crippen LogP contribution is -2.52. The van der Waals surface area contributed by atoms with E-state index in [1.165, 1.54) is 23.1 Å². The van der Waals surface area contributed by atoms with Gasteiger partial charge in [0.1, 0.15) is 11.3 Å². The molecule has 0 spiro atoms. The van der Waals surface area contributed by atoms with Crippen LogP contribution in [0, 0.1) is 0 Å². The predicted molar refractivity (Wildman–Crippen MR) is 101 cm³/mol. The molecule has 3 rings (SSSR count). The second-order valence-corrected chi connectivity index (χ2v) is 7.99. The van der Waals surface area contributed by atoms with Crippen LogP contribution >= 0.6 is 34.7 Å². The molecule has 0 unspecified atom stereocenters. The highest BCUT2D eigenvalue weighted by Gasteiger charge is 2.24. The second-order valence-electron chi connectivity index (χ2n) is 5.50. The minimum absolute atomic E-state index is 0.0253. The van der Waals surface area contributed by atoms with Gasteiger partial charge in [0.2, 0.25) is 5.91 Å². The summed E-state index contributed by atoms with van der Waals surface area (Å²) >= 11 is 8.62. The second kappa shape index (κ2) is 9.20.